The van der Waals surface area contributed by atoms with Crippen molar-refractivity contribution in [3.05, 3.63) is 77.6 Å². The summed E-state index contributed by atoms with van der Waals surface area (Å²) in [4.78, 5) is 21.4. The molecule has 0 radical (unpaired) electrons. The number of aromatic nitrogens is 2. The van der Waals surface area contributed by atoms with Crippen LogP contribution >= 0.6 is 0 Å². The molecule has 138 valence electrons. The second-order valence-electron chi connectivity index (χ2n) is 6.15. The van der Waals surface area contributed by atoms with Crippen molar-refractivity contribution >= 4 is 17.5 Å². The number of methoxy groups -OCH3 is 1. The normalized spacial score (nSPS) is 11.5. The molecular weight excluding hydrogens is 340 g/mol. The average Bonchev–Trinajstić information content (AvgIpc) is 2.68. The Bertz CT molecular complexity index is 928. The molecule has 0 aliphatic rings. The maximum atomic E-state index is 12.7. The maximum Gasteiger partial charge on any atom is 0.270 e. The number of carbonyl (C=O) groups is 1. The zero-order valence-corrected chi connectivity index (χ0v) is 15.6. The summed E-state index contributed by atoms with van der Waals surface area (Å²) >= 11 is 0. The van der Waals surface area contributed by atoms with Gasteiger partial charge in [0.1, 0.15) is 11.4 Å². The van der Waals surface area contributed by atoms with Crippen LogP contribution < -0.4 is 15.4 Å². The van der Waals surface area contributed by atoms with Crippen LogP contribution in [-0.2, 0) is 0 Å². The van der Waals surface area contributed by atoms with Gasteiger partial charge in [-0.05, 0) is 37.6 Å². The lowest BCUT2D eigenvalue weighted by Crippen LogP contribution is -2.27. The van der Waals surface area contributed by atoms with Crippen molar-refractivity contribution in [1.29, 1.82) is 0 Å². The number of nitrogens with one attached hydrogen (secondary N) is 2. The van der Waals surface area contributed by atoms with Crippen molar-refractivity contribution in [1.82, 2.24) is 15.3 Å². The average molecular weight is 362 g/mol. The predicted octanol–water partition coefficient (Wildman–Crippen LogP) is 4.03. The summed E-state index contributed by atoms with van der Waals surface area (Å²) in [5, 5.41) is 6.09. The van der Waals surface area contributed by atoms with E-state index in [9.17, 15) is 4.79 Å². The zero-order chi connectivity index (χ0) is 19.2. The van der Waals surface area contributed by atoms with Crippen LogP contribution in [0.1, 0.15) is 34.7 Å². The fourth-order valence-corrected chi connectivity index (χ4v) is 2.70. The zero-order valence-electron chi connectivity index (χ0n) is 15.6. The van der Waals surface area contributed by atoms with Crippen molar-refractivity contribution in [2.75, 3.05) is 12.4 Å². The van der Waals surface area contributed by atoms with E-state index in [1.807, 2.05) is 68.4 Å². The number of carbonyl (C=O) groups excluding carboxylic acids is 1. The van der Waals surface area contributed by atoms with Gasteiger partial charge in [0.15, 0.2) is 0 Å². The summed E-state index contributed by atoms with van der Waals surface area (Å²) in [7, 11) is 1.60. The molecular formula is C21H22N4O2. The Hall–Kier alpha value is -3.41. The number of ether oxygens (including phenoxy) is 1. The Morgan fingerprint density at radius 2 is 1.74 bits per heavy atom. The van der Waals surface area contributed by atoms with E-state index in [0.29, 0.717) is 23.1 Å². The molecule has 0 saturated heterocycles. The Labute approximate surface area is 158 Å². The SMILES string of the molecule is COc1ccccc1Nc1nc(C)cc(C(=O)NC(C)c2ccccc2)n1. The van der Waals surface area contributed by atoms with E-state index in [0.717, 1.165) is 11.3 Å². The fraction of sp³-hybridized carbons (Fsp3) is 0.190. The van der Waals surface area contributed by atoms with Gasteiger partial charge in [-0.25, -0.2) is 9.97 Å². The lowest BCUT2D eigenvalue weighted by atomic mass is 10.1. The molecule has 0 aliphatic carbocycles. The van der Waals surface area contributed by atoms with E-state index in [-0.39, 0.29) is 11.9 Å². The molecule has 0 aliphatic heterocycles. The Morgan fingerprint density at radius 1 is 1.04 bits per heavy atom. The Kier molecular flexibility index (Phi) is 5.66. The van der Waals surface area contributed by atoms with Crippen LogP contribution in [0.15, 0.2) is 60.7 Å². The van der Waals surface area contributed by atoms with E-state index in [1.165, 1.54) is 0 Å². The standard InChI is InChI=1S/C21H22N4O2/c1-14-13-18(20(26)23-15(2)16-9-5-4-6-10-16)25-21(22-14)24-17-11-7-8-12-19(17)27-3/h4-13,15H,1-3H3,(H,23,26)(H,22,24,25). The van der Waals surface area contributed by atoms with Crippen LogP contribution in [0.2, 0.25) is 0 Å². The quantitative estimate of drug-likeness (QED) is 0.692. The first kappa shape index (κ1) is 18.4. The molecule has 1 unspecified atom stereocenters. The molecule has 0 fully saturated rings. The van der Waals surface area contributed by atoms with Crippen LogP contribution in [0.5, 0.6) is 5.75 Å². The van der Waals surface area contributed by atoms with E-state index >= 15 is 0 Å². The third kappa shape index (κ3) is 4.61. The lowest BCUT2D eigenvalue weighted by Gasteiger charge is -2.15. The maximum absolute atomic E-state index is 12.7. The highest BCUT2D eigenvalue weighted by Gasteiger charge is 2.15. The van der Waals surface area contributed by atoms with Gasteiger partial charge < -0.3 is 15.4 Å². The molecule has 2 N–H and O–H groups in total. The van der Waals surface area contributed by atoms with Crippen molar-refractivity contribution in [2.24, 2.45) is 0 Å². The number of para-hydroxylation sites is 2. The van der Waals surface area contributed by atoms with Crippen molar-refractivity contribution in [3.63, 3.8) is 0 Å². The lowest BCUT2D eigenvalue weighted by molar-refractivity contribution is 0.0934. The molecule has 2 aromatic carbocycles. The minimum absolute atomic E-state index is 0.125. The first-order valence-electron chi connectivity index (χ1n) is 8.68. The van der Waals surface area contributed by atoms with Crippen LogP contribution in [-0.4, -0.2) is 23.0 Å². The topological polar surface area (TPSA) is 76.1 Å². The number of aryl methyl sites for hydroxylation is 1. The van der Waals surface area contributed by atoms with Crippen LogP contribution in [0.3, 0.4) is 0 Å². The fourth-order valence-electron chi connectivity index (χ4n) is 2.70. The number of benzene rings is 2. The molecule has 1 atom stereocenters. The summed E-state index contributed by atoms with van der Waals surface area (Å²) in [6, 6.07) is 18.8. The monoisotopic (exact) mass is 362 g/mol. The van der Waals surface area contributed by atoms with Gasteiger partial charge in [-0.2, -0.15) is 0 Å². The van der Waals surface area contributed by atoms with Gasteiger partial charge in [-0.15, -0.1) is 0 Å². The van der Waals surface area contributed by atoms with E-state index in [1.54, 1.807) is 13.2 Å². The van der Waals surface area contributed by atoms with E-state index in [4.69, 9.17) is 4.74 Å². The molecule has 6 heteroatoms. The van der Waals surface area contributed by atoms with E-state index in [2.05, 4.69) is 20.6 Å². The highest BCUT2D eigenvalue weighted by Crippen LogP contribution is 2.25. The van der Waals surface area contributed by atoms with Gasteiger partial charge in [-0.1, -0.05) is 42.5 Å². The Morgan fingerprint density at radius 3 is 2.48 bits per heavy atom. The molecule has 3 aromatic rings. The van der Waals surface area contributed by atoms with Gasteiger partial charge in [0.25, 0.3) is 5.91 Å². The smallest absolute Gasteiger partial charge is 0.270 e. The van der Waals surface area contributed by atoms with Crippen molar-refractivity contribution < 1.29 is 9.53 Å². The van der Waals surface area contributed by atoms with Crippen LogP contribution in [0, 0.1) is 6.92 Å². The summed E-state index contributed by atoms with van der Waals surface area (Å²) in [5.74, 6) is 0.767. The largest absolute Gasteiger partial charge is 0.495 e. The summed E-state index contributed by atoms with van der Waals surface area (Å²) in [6.45, 7) is 3.77. The predicted molar refractivity (Wildman–Crippen MR) is 105 cm³/mol. The first-order chi connectivity index (χ1) is 13.1. The molecule has 0 spiro atoms. The van der Waals surface area contributed by atoms with Crippen molar-refractivity contribution in [2.45, 2.75) is 19.9 Å². The third-order valence-corrected chi connectivity index (χ3v) is 4.09. The van der Waals surface area contributed by atoms with E-state index < -0.39 is 0 Å². The number of hydrogen-bond donors (Lipinski definition) is 2. The number of rotatable bonds is 6. The van der Waals surface area contributed by atoms with Gasteiger partial charge in [0, 0.05) is 5.69 Å². The number of nitrogens with zero attached hydrogens (tertiary/aromatic N) is 2. The van der Waals surface area contributed by atoms with Crippen LogP contribution in [0.25, 0.3) is 0 Å². The van der Waals surface area contributed by atoms with Crippen LogP contribution in [0.4, 0.5) is 11.6 Å². The summed E-state index contributed by atoms with van der Waals surface area (Å²) in [6.07, 6.45) is 0. The number of hydrogen-bond acceptors (Lipinski definition) is 5. The van der Waals surface area contributed by atoms with Gasteiger partial charge >= 0.3 is 0 Å². The highest BCUT2D eigenvalue weighted by molar-refractivity contribution is 5.93. The first-order valence-corrected chi connectivity index (χ1v) is 8.68. The van der Waals surface area contributed by atoms with Crippen molar-refractivity contribution in [3.8, 4) is 5.75 Å². The van der Waals surface area contributed by atoms with Gasteiger partial charge in [0.05, 0.1) is 18.8 Å². The third-order valence-electron chi connectivity index (χ3n) is 4.09. The molecule has 6 nitrogen and oxygen atoms in total. The molecule has 3 rings (SSSR count). The molecule has 0 saturated carbocycles. The number of anilines is 2. The minimum Gasteiger partial charge on any atom is -0.495 e. The van der Waals surface area contributed by atoms with Gasteiger partial charge in [0.2, 0.25) is 5.95 Å². The summed E-state index contributed by atoms with van der Waals surface area (Å²) < 4.78 is 5.33. The molecule has 1 aromatic heterocycles. The molecule has 1 amide bonds. The Balaban J connectivity index is 1.79. The number of amides is 1. The molecule has 27 heavy (non-hydrogen) atoms. The second-order valence-corrected chi connectivity index (χ2v) is 6.15. The summed E-state index contributed by atoms with van der Waals surface area (Å²) in [5.41, 5.74) is 2.77. The van der Waals surface area contributed by atoms with Gasteiger partial charge in [-0.3, -0.25) is 4.79 Å². The highest BCUT2D eigenvalue weighted by atomic mass is 16.5. The second kappa shape index (κ2) is 8.31. The molecule has 1 heterocycles. The molecule has 0 bridgehead atoms. The minimum atomic E-state index is -0.250.